The minimum Gasteiger partial charge on any atom is -0.447 e. The van der Waals surface area contributed by atoms with E-state index >= 15 is 0 Å². The molecule has 1 aromatic rings. The molecule has 0 atom stereocenters. The second-order valence-electron chi connectivity index (χ2n) is 3.42. The van der Waals surface area contributed by atoms with Crippen LogP contribution >= 0.6 is 11.3 Å². The van der Waals surface area contributed by atoms with Crippen LogP contribution in [0.1, 0.15) is 19.4 Å². The van der Waals surface area contributed by atoms with Crippen molar-refractivity contribution in [2.24, 2.45) is 0 Å². The Morgan fingerprint density at radius 2 is 2.36 bits per heavy atom. The summed E-state index contributed by atoms with van der Waals surface area (Å²) in [6.07, 6.45) is -0.335. The van der Waals surface area contributed by atoms with Crippen LogP contribution in [0.25, 0.3) is 0 Å². The molecule has 1 rings (SSSR count). The van der Waals surface area contributed by atoms with Gasteiger partial charge in [0.15, 0.2) is 0 Å². The number of thiophene rings is 1. The largest absolute Gasteiger partial charge is 0.447 e. The zero-order valence-electron chi connectivity index (χ0n) is 8.69. The molecule has 1 heterocycles. The molecule has 0 fully saturated rings. The molecule has 0 radical (unpaired) electrons. The van der Waals surface area contributed by atoms with E-state index in [0.29, 0.717) is 6.54 Å². The predicted molar refractivity (Wildman–Crippen MR) is 57.4 cm³/mol. The highest BCUT2D eigenvalue weighted by molar-refractivity contribution is 7.07. The standard InChI is InChI=1S/C10H15NO2S/c1-8(2)13-10(12)11(3)6-9-4-5-14-7-9/h4-5,7-8H,6H2,1-3H3. The van der Waals surface area contributed by atoms with E-state index in [-0.39, 0.29) is 12.2 Å². The van der Waals surface area contributed by atoms with E-state index in [1.165, 1.54) is 0 Å². The van der Waals surface area contributed by atoms with Crippen LogP contribution in [-0.4, -0.2) is 24.1 Å². The fourth-order valence-corrected chi connectivity index (χ4v) is 1.67. The first-order valence-corrected chi connectivity index (χ1v) is 5.46. The van der Waals surface area contributed by atoms with Gasteiger partial charge in [-0.1, -0.05) is 0 Å². The van der Waals surface area contributed by atoms with E-state index in [4.69, 9.17) is 4.74 Å². The van der Waals surface area contributed by atoms with Crippen LogP contribution < -0.4 is 0 Å². The van der Waals surface area contributed by atoms with Gasteiger partial charge in [0.2, 0.25) is 0 Å². The molecule has 0 aliphatic rings. The number of rotatable bonds is 3. The second-order valence-corrected chi connectivity index (χ2v) is 4.20. The highest BCUT2D eigenvalue weighted by Crippen LogP contribution is 2.09. The summed E-state index contributed by atoms with van der Waals surface area (Å²) in [7, 11) is 1.74. The number of carbonyl (C=O) groups excluding carboxylic acids is 1. The quantitative estimate of drug-likeness (QED) is 0.772. The molecule has 0 saturated carbocycles. The number of amides is 1. The van der Waals surface area contributed by atoms with Gasteiger partial charge in [0.25, 0.3) is 0 Å². The summed E-state index contributed by atoms with van der Waals surface area (Å²) in [6.45, 7) is 4.29. The monoisotopic (exact) mass is 213 g/mol. The summed E-state index contributed by atoms with van der Waals surface area (Å²) in [5.74, 6) is 0. The minimum atomic E-state index is -0.272. The maximum atomic E-state index is 11.4. The molecule has 0 bridgehead atoms. The highest BCUT2D eigenvalue weighted by Gasteiger charge is 2.11. The summed E-state index contributed by atoms with van der Waals surface area (Å²) in [4.78, 5) is 13.0. The molecule has 78 valence electrons. The van der Waals surface area contributed by atoms with Crippen LogP contribution in [0.3, 0.4) is 0 Å². The molecule has 3 nitrogen and oxygen atoms in total. The van der Waals surface area contributed by atoms with Gasteiger partial charge in [-0.15, -0.1) is 0 Å². The lowest BCUT2D eigenvalue weighted by Gasteiger charge is -2.17. The van der Waals surface area contributed by atoms with Gasteiger partial charge in [-0.25, -0.2) is 4.79 Å². The van der Waals surface area contributed by atoms with Crippen molar-refractivity contribution in [3.05, 3.63) is 22.4 Å². The lowest BCUT2D eigenvalue weighted by atomic mass is 10.3. The second kappa shape index (κ2) is 5.00. The zero-order valence-corrected chi connectivity index (χ0v) is 9.50. The summed E-state index contributed by atoms with van der Waals surface area (Å²) in [5.41, 5.74) is 1.14. The van der Waals surface area contributed by atoms with Crippen LogP contribution in [-0.2, 0) is 11.3 Å². The number of carbonyl (C=O) groups is 1. The molecule has 0 aromatic carbocycles. The van der Waals surface area contributed by atoms with Crippen molar-refractivity contribution in [2.75, 3.05) is 7.05 Å². The topological polar surface area (TPSA) is 29.5 Å². The van der Waals surface area contributed by atoms with E-state index in [1.54, 1.807) is 23.3 Å². The van der Waals surface area contributed by atoms with Crippen molar-refractivity contribution < 1.29 is 9.53 Å². The smallest absolute Gasteiger partial charge is 0.410 e. The fourth-order valence-electron chi connectivity index (χ4n) is 1.01. The molecule has 0 aliphatic heterocycles. The molecule has 0 aliphatic carbocycles. The molecule has 14 heavy (non-hydrogen) atoms. The van der Waals surface area contributed by atoms with E-state index in [1.807, 2.05) is 30.7 Å². The lowest BCUT2D eigenvalue weighted by Crippen LogP contribution is -2.28. The van der Waals surface area contributed by atoms with Gasteiger partial charge < -0.3 is 9.64 Å². The molecule has 4 heteroatoms. The van der Waals surface area contributed by atoms with Gasteiger partial charge in [0.05, 0.1) is 6.10 Å². The van der Waals surface area contributed by atoms with Crippen LogP contribution in [0.4, 0.5) is 4.79 Å². The number of hydrogen-bond acceptors (Lipinski definition) is 3. The maximum Gasteiger partial charge on any atom is 0.410 e. The Hall–Kier alpha value is -1.03. The first-order chi connectivity index (χ1) is 6.59. The zero-order chi connectivity index (χ0) is 10.6. The van der Waals surface area contributed by atoms with E-state index in [9.17, 15) is 4.79 Å². The van der Waals surface area contributed by atoms with Gasteiger partial charge in [0.1, 0.15) is 0 Å². The molecule has 0 spiro atoms. The summed E-state index contributed by atoms with van der Waals surface area (Å²) < 4.78 is 5.05. The summed E-state index contributed by atoms with van der Waals surface area (Å²) >= 11 is 1.63. The van der Waals surface area contributed by atoms with Crippen molar-refractivity contribution in [3.63, 3.8) is 0 Å². The van der Waals surface area contributed by atoms with Crippen LogP contribution in [0.15, 0.2) is 16.8 Å². The molecule has 0 saturated heterocycles. The summed E-state index contributed by atoms with van der Waals surface area (Å²) in [6, 6.07) is 2.00. The first-order valence-electron chi connectivity index (χ1n) is 4.52. The fraction of sp³-hybridized carbons (Fsp3) is 0.500. The maximum absolute atomic E-state index is 11.4. The third-order valence-electron chi connectivity index (χ3n) is 1.65. The molecule has 1 aromatic heterocycles. The summed E-state index contributed by atoms with van der Waals surface area (Å²) in [5, 5.41) is 4.02. The number of nitrogens with zero attached hydrogens (tertiary/aromatic N) is 1. The van der Waals surface area contributed by atoms with Gasteiger partial charge in [-0.2, -0.15) is 11.3 Å². The Morgan fingerprint density at radius 3 is 2.86 bits per heavy atom. The SMILES string of the molecule is CC(C)OC(=O)N(C)Cc1ccsc1. The molecule has 0 unspecified atom stereocenters. The normalized spacial score (nSPS) is 10.3. The van der Waals surface area contributed by atoms with Gasteiger partial charge in [-0.05, 0) is 36.2 Å². The Labute approximate surface area is 88.3 Å². The molecular formula is C10H15NO2S. The average molecular weight is 213 g/mol. The highest BCUT2D eigenvalue weighted by atomic mass is 32.1. The predicted octanol–water partition coefficient (Wildman–Crippen LogP) is 2.72. The average Bonchev–Trinajstić information content (AvgIpc) is 2.55. The van der Waals surface area contributed by atoms with Gasteiger partial charge in [0, 0.05) is 13.6 Å². The van der Waals surface area contributed by atoms with Gasteiger partial charge in [-0.3, -0.25) is 0 Å². The van der Waals surface area contributed by atoms with Crippen molar-refractivity contribution >= 4 is 17.4 Å². The Balaban J connectivity index is 2.42. The first kappa shape index (κ1) is 11.0. The van der Waals surface area contributed by atoms with E-state index in [2.05, 4.69) is 0 Å². The van der Waals surface area contributed by atoms with Crippen molar-refractivity contribution in [2.45, 2.75) is 26.5 Å². The van der Waals surface area contributed by atoms with Crippen molar-refractivity contribution in [3.8, 4) is 0 Å². The number of ether oxygens (including phenoxy) is 1. The Bertz CT molecular complexity index is 282. The van der Waals surface area contributed by atoms with E-state index in [0.717, 1.165) is 5.56 Å². The molecular weight excluding hydrogens is 198 g/mol. The van der Waals surface area contributed by atoms with Gasteiger partial charge >= 0.3 is 6.09 Å². The molecule has 0 N–H and O–H groups in total. The Morgan fingerprint density at radius 1 is 1.64 bits per heavy atom. The molecule has 1 amide bonds. The third kappa shape index (κ3) is 3.38. The minimum absolute atomic E-state index is 0.0626. The van der Waals surface area contributed by atoms with Crippen LogP contribution in [0.2, 0.25) is 0 Å². The lowest BCUT2D eigenvalue weighted by molar-refractivity contribution is 0.0823. The van der Waals surface area contributed by atoms with Crippen molar-refractivity contribution in [1.82, 2.24) is 4.90 Å². The number of hydrogen-bond donors (Lipinski definition) is 0. The van der Waals surface area contributed by atoms with Crippen LogP contribution in [0.5, 0.6) is 0 Å². The third-order valence-corrected chi connectivity index (χ3v) is 2.38. The van der Waals surface area contributed by atoms with Crippen LogP contribution in [0, 0.1) is 0 Å². The van der Waals surface area contributed by atoms with Crippen molar-refractivity contribution in [1.29, 1.82) is 0 Å². The Kier molecular flexibility index (Phi) is 3.95. The van der Waals surface area contributed by atoms with E-state index < -0.39 is 0 Å².